The summed E-state index contributed by atoms with van der Waals surface area (Å²) in [5.41, 5.74) is 2.82. The molecule has 0 saturated carbocycles. The lowest BCUT2D eigenvalue weighted by Gasteiger charge is -2.13. The summed E-state index contributed by atoms with van der Waals surface area (Å²) in [6.45, 7) is 5.08. The van der Waals surface area contributed by atoms with Gasteiger partial charge in [-0.05, 0) is 51.1 Å². The van der Waals surface area contributed by atoms with Crippen molar-refractivity contribution in [2.24, 2.45) is 0 Å². The SMILES string of the molecule is COc1ccc(-c2onc(C)c2C)cc1S(=O)(=O)Nc1cccc(C(C)=O)c1. The number of ether oxygens (including phenoxy) is 1. The number of methoxy groups -OCH3 is 1. The van der Waals surface area contributed by atoms with Crippen molar-refractivity contribution < 1.29 is 22.5 Å². The quantitative estimate of drug-likeness (QED) is 0.629. The standard InChI is InChI=1S/C20H20N2O5S/c1-12-13(2)21-27-20(12)16-8-9-18(26-4)19(11-16)28(24,25)22-17-7-5-6-15(10-17)14(3)23/h5-11,22H,1-4H3. The molecule has 0 spiro atoms. The molecule has 1 N–H and O–H groups in total. The second kappa shape index (κ2) is 7.47. The van der Waals surface area contributed by atoms with Crippen LogP contribution in [0.25, 0.3) is 11.3 Å². The summed E-state index contributed by atoms with van der Waals surface area (Å²) in [6, 6.07) is 11.0. The zero-order valence-corrected chi connectivity index (χ0v) is 16.8. The number of rotatable bonds is 6. The molecular formula is C20H20N2O5S. The molecule has 0 bridgehead atoms. The van der Waals surface area contributed by atoms with Crippen LogP contribution < -0.4 is 9.46 Å². The molecule has 1 heterocycles. The predicted octanol–water partition coefficient (Wildman–Crippen LogP) is 3.97. The fourth-order valence-electron chi connectivity index (χ4n) is 2.72. The molecular weight excluding hydrogens is 380 g/mol. The molecule has 3 aromatic rings. The first-order chi connectivity index (χ1) is 13.2. The minimum absolute atomic E-state index is 0.0471. The molecule has 3 rings (SSSR count). The van der Waals surface area contributed by atoms with E-state index in [1.807, 2.05) is 13.8 Å². The molecule has 146 valence electrons. The number of carbonyl (C=O) groups is 1. The molecule has 1 aromatic heterocycles. The fraction of sp³-hybridized carbons (Fsp3) is 0.200. The molecule has 0 amide bonds. The van der Waals surface area contributed by atoms with Crippen molar-refractivity contribution in [1.29, 1.82) is 0 Å². The zero-order valence-electron chi connectivity index (χ0n) is 15.9. The van der Waals surface area contributed by atoms with Crippen molar-refractivity contribution in [3.05, 3.63) is 59.3 Å². The van der Waals surface area contributed by atoms with Crippen molar-refractivity contribution in [2.75, 3.05) is 11.8 Å². The first kappa shape index (κ1) is 19.6. The van der Waals surface area contributed by atoms with Gasteiger partial charge in [-0.2, -0.15) is 0 Å². The van der Waals surface area contributed by atoms with Gasteiger partial charge in [0.1, 0.15) is 10.6 Å². The van der Waals surface area contributed by atoms with Crippen LogP contribution in [-0.4, -0.2) is 26.5 Å². The Bertz CT molecular complexity index is 1150. The van der Waals surface area contributed by atoms with Crippen molar-refractivity contribution >= 4 is 21.5 Å². The summed E-state index contributed by atoms with van der Waals surface area (Å²) in [5, 5.41) is 3.92. The second-order valence-corrected chi connectivity index (χ2v) is 7.98. The molecule has 0 aliphatic rings. The van der Waals surface area contributed by atoms with Crippen LogP contribution in [0.3, 0.4) is 0 Å². The van der Waals surface area contributed by atoms with E-state index in [0.29, 0.717) is 16.9 Å². The third-order valence-corrected chi connectivity index (χ3v) is 5.80. The normalized spacial score (nSPS) is 11.3. The third-order valence-electron chi connectivity index (χ3n) is 4.39. The smallest absolute Gasteiger partial charge is 0.265 e. The highest BCUT2D eigenvalue weighted by molar-refractivity contribution is 7.92. The van der Waals surface area contributed by atoms with Gasteiger partial charge in [-0.15, -0.1) is 0 Å². The van der Waals surface area contributed by atoms with Crippen LogP contribution in [0.15, 0.2) is 51.9 Å². The predicted molar refractivity (Wildman–Crippen MR) is 105 cm³/mol. The van der Waals surface area contributed by atoms with Gasteiger partial charge in [-0.25, -0.2) is 8.42 Å². The summed E-state index contributed by atoms with van der Waals surface area (Å²) in [6.07, 6.45) is 0. The molecule has 0 saturated heterocycles. The van der Waals surface area contributed by atoms with E-state index >= 15 is 0 Å². The van der Waals surface area contributed by atoms with E-state index in [9.17, 15) is 13.2 Å². The van der Waals surface area contributed by atoms with Gasteiger partial charge in [-0.3, -0.25) is 9.52 Å². The number of aromatic nitrogens is 1. The first-order valence-corrected chi connectivity index (χ1v) is 9.96. The lowest BCUT2D eigenvalue weighted by atomic mass is 10.1. The zero-order chi connectivity index (χ0) is 20.5. The Balaban J connectivity index is 2.05. The summed E-state index contributed by atoms with van der Waals surface area (Å²) >= 11 is 0. The molecule has 2 aromatic carbocycles. The number of hydrogen-bond acceptors (Lipinski definition) is 6. The maximum absolute atomic E-state index is 13.0. The molecule has 28 heavy (non-hydrogen) atoms. The highest BCUT2D eigenvalue weighted by Gasteiger charge is 2.23. The van der Waals surface area contributed by atoms with Crippen molar-refractivity contribution in [3.63, 3.8) is 0 Å². The van der Waals surface area contributed by atoms with Crippen molar-refractivity contribution in [1.82, 2.24) is 5.16 Å². The summed E-state index contributed by atoms with van der Waals surface area (Å²) in [4.78, 5) is 11.5. The minimum Gasteiger partial charge on any atom is -0.495 e. The molecule has 0 fully saturated rings. The van der Waals surface area contributed by atoms with E-state index in [-0.39, 0.29) is 22.1 Å². The number of sulfonamides is 1. The number of Topliss-reactive ketones (excluding diaryl/α,β-unsaturated/α-hetero) is 1. The van der Waals surface area contributed by atoms with Crippen molar-refractivity contribution in [2.45, 2.75) is 25.7 Å². The molecule has 0 aliphatic heterocycles. The van der Waals surface area contributed by atoms with Gasteiger partial charge in [0.2, 0.25) is 0 Å². The van der Waals surface area contributed by atoms with Crippen LogP contribution in [0.5, 0.6) is 5.75 Å². The summed E-state index contributed by atoms with van der Waals surface area (Å²) < 4.78 is 39.1. The number of aryl methyl sites for hydroxylation is 1. The second-order valence-electron chi connectivity index (χ2n) is 6.33. The monoisotopic (exact) mass is 400 g/mol. The van der Waals surface area contributed by atoms with Gasteiger partial charge in [0, 0.05) is 22.4 Å². The molecule has 7 nitrogen and oxygen atoms in total. The van der Waals surface area contributed by atoms with Crippen LogP contribution in [0.2, 0.25) is 0 Å². The van der Waals surface area contributed by atoms with Gasteiger partial charge >= 0.3 is 0 Å². The van der Waals surface area contributed by atoms with E-state index in [0.717, 1.165) is 11.3 Å². The number of nitrogens with zero attached hydrogens (tertiary/aromatic N) is 1. The average molecular weight is 400 g/mol. The Labute approximate surface area is 163 Å². The van der Waals surface area contributed by atoms with Gasteiger partial charge in [0.15, 0.2) is 11.5 Å². The maximum Gasteiger partial charge on any atom is 0.265 e. The average Bonchev–Trinajstić information content (AvgIpc) is 3.00. The Hall–Kier alpha value is -3.13. The third kappa shape index (κ3) is 3.77. The maximum atomic E-state index is 13.0. The molecule has 0 unspecified atom stereocenters. The van der Waals surface area contributed by atoms with Crippen molar-refractivity contribution in [3.8, 4) is 17.1 Å². The number of carbonyl (C=O) groups excluding carboxylic acids is 1. The highest BCUT2D eigenvalue weighted by atomic mass is 32.2. The van der Waals surface area contributed by atoms with Gasteiger partial charge in [-0.1, -0.05) is 17.3 Å². The van der Waals surface area contributed by atoms with Crippen LogP contribution in [-0.2, 0) is 10.0 Å². The molecule has 8 heteroatoms. The van der Waals surface area contributed by atoms with Crippen LogP contribution in [0.4, 0.5) is 5.69 Å². The minimum atomic E-state index is -3.98. The van der Waals surface area contributed by atoms with Crippen LogP contribution in [0, 0.1) is 13.8 Å². The highest BCUT2D eigenvalue weighted by Crippen LogP contribution is 2.33. The molecule has 0 aliphatic carbocycles. The van der Waals surface area contributed by atoms with Gasteiger partial charge < -0.3 is 9.26 Å². The van der Waals surface area contributed by atoms with E-state index in [4.69, 9.17) is 9.26 Å². The summed E-state index contributed by atoms with van der Waals surface area (Å²) in [7, 11) is -2.59. The van der Waals surface area contributed by atoms with Gasteiger partial charge in [0.25, 0.3) is 10.0 Å². The van der Waals surface area contributed by atoms with Gasteiger partial charge in [0.05, 0.1) is 12.8 Å². The van der Waals surface area contributed by atoms with E-state index in [1.54, 1.807) is 30.3 Å². The lowest BCUT2D eigenvalue weighted by Crippen LogP contribution is -2.14. The molecule has 0 radical (unpaired) electrons. The van der Waals surface area contributed by atoms with Crippen LogP contribution >= 0.6 is 0 Å². The Morgan fingerprint density at radius 3 is 2.50 bits per heavy atom. The van der Waals surface area contributed by atoms with Crippen LogP contribution in [0.1, 0.15) is 28.5 Å². The Morgan fingerprint density at radius 2 is 1.89 bits per heavy atom. The Kier molecular flexibility index (Phi) is 5.24. The largest absolute Gasteiger partial charge is 0.495 e. The Morgan fingerprint density at radius 1 is 1.14 bits per heavy atom. The fourth-order valence-corrected chi connectivity index (χ4v) is 3.97. The number of hydrogen-bond donors (Lipinski definition) is 1. The first-order valence-electron chi connectivity index (χ1n) is 8.48. The summed E-state index contributed by atoms with van der Waals surface area (Å²) in [5.74, 6) is 0.528. The molecule has 0 atom stereocenters. The number of ketones is 1. The number of anilines is 1. The topological polar surface area (TPSA) is 98.5 Å². The number of benzene rings is 2. The van der Waals surface area contributed by atoms with E-state index in [2.05, 4.69) is 9.88 Å². The van der Waals surface area contributed by atoms with E-state index in [1.165, 1.54) is 26.2 Å². The lowest BCUT2D eigenvalue weighted by molar-refractivity contribution is 0.101. The number of nitrogens with one attached hydrogen (secondary N) is 1. The van der Waals surface area contributed by atoms with E-state index < -0.39 is 10.0 Å².